The minimum atomic E-state index is -3.15. The van der Waals surface area contributed by atoms with Crippen LogP contribution in [0.1, 0.15) is 56.5 Å². The van der Waals surface area contributed by atoms with Gasteiger partial charge < -0.3 is 14.2 Å². The van der Waals surface area contributed by atoms with E-state index in [1.165, 1.54) is 11.0 Å². The van der Waals surface area contributed by atoms with Crippen molar-refractivity contribution in [3.8, 4) is 6.07 Å². The van der Waals surface area contributed by atoms with E-state index in [1.54, 1.807) is 0 Å². The van der Waals surface area contributed by atoms with Crippen LogP contribution < -0.4 is 0 Å². The number of hydrogen-bond acceptors (Lipinski definition) is 6. The normalized spacial score (nSPS) is 17.7. The Hall–Kier alpha value is -2.60. The molecule has 176 valence electrons. The first kappa shape index (κ1) is 25.7. The number of carbonyl (C=O) groups excluding carboxylic acids is 2. The maximum absolute atomic E-state index is 12.7. The van der Waals surface area contributed by atoms with Crippen LogP contribution in [0.25, 0.3) is 6.08 Å². The summed E-state index contributed by atoms with van der Waals surface area (Å²) in [6.07, 6.45) is 4.42. The number of aromatic nitrogens is 1. The summed E-state index contributed by atoms with van der Waals surface area (Å²) in [5, 5.41) is 9.46. The molecule has 2 rings (SSSR count). The van der Waals surface area contributed by atoms with Gasteiger partial charge in [0.25, 0.3) is 5.91 Å². The molecule has 1 aliphatic heterocycles. The predicted octanol–water partition coefficient (Wildman–Crippen LogP) is 2.78. The number of carbonyl (C=O) groups is 2. The Morgan fingerprint density at radius 2 is 2.03 bits per heavy atom. The quantitative estimate of drug-likeness (QED) is 0.300. The highest BCUT2D eigenvalue weighted by Crippen LogP contribution is 2.20. The molecule has 9 heteroatoms. The average Bonchev–Trinajstić information content (AvgIpc) is 3.23. The summed E-state index contributed by atoms with van der Waals surface area (Å²) < 4.78 is 30.9. The first-order valence-corrected chi connectivity index (χ1v) is 12.9. The van der Waals surface area contributed by atoms with E-state index in [2.05, 4.69) is 11.5 Å². The van der Waals surface area contributed by atoms with Crippen molar-refractivity contribution in [1.29, 1.82) is 5.26 Å². The third kappa shape index (κ3) is 6.45. The van der Waals surface area contributed by atoms with E-state index in [-0.39, 0.29) is 17.1 Å². The van der Waals surface area contributed by atoms with Gasteiger partial charge in [-0.1, -0.05) is 20.3 Å². The molecule has 1 saturated heterocycles. The molecule has 0 aromatic carbocycles. The second kappa shape index (κ2) is 11.3. The first-order valence-electron chi connectivity index (χ1n) is 11.1. The van der Waals surface area contributed by atoms with Crippen LogP contribution >= 0.6 is 0 Å². The summed E-state index contributed by atoms with van der Waals surface area (Å²) in [6.45, 7) is 8.70. The number of esters is 1. The molecule has 0 saturated carbocycles. The van der Waals surface area contributed by atoms with Crippen molar-refractivity contribution >= 4 is 27.8 Å². The highest BCUT2D eigenvalue weighted by Gasteiger charge is 2.34. The molecular weight excluding hydrogens is 430 g/mol. The van der Waals surface area contributed by atoms with Gasteiger partial charge in [-0.05, 0) is 50.8 Å². The minimum Gasteiger partial charge on any atom is -0.451 e. The number of aryl methyl sites for hydroxylation is 1. The summed E-state index contributed by atoms with van der Waals surface area (Å²) >= 11 is 0. The molecule has 1 aromatic heterocycles. The van der Waals surface area contributed by atoms with E-state index in [1.807, 2.05) is 32.9 Å². The topological polar surface area (TPSA) is 109 Å². The molecular formula is C23H33N3O5S. The maximum atomic E-state index is 12.7. The number of amides is 1. The standard InChI is InChI=1S/C23H33N3O5S/c1-5-7-10-26(21-8-11-32(29,30)16-21)22(27)15-31-23(28)20(14-24)13-19-12-17(3)25(9-6-2)18(19)4/h12-13,21H,5-11,15-16H2,1-4H3/b20-13+. The Morgan fingerprint density at radius 1 is 1.31 bits per heavy atom. The molecule has 0 bridgehead atoms. The second-order valence-corrected chi connectivity index (χ2v) is 10.5. The monoisotopic (exact) mass is 463 g/mol. The van der Waals surface area contributed by atoms with Crippen molar-refractivity contribution in [3.63, 3.8) is 0 Å². The third-order valence-electron chi connectivity index (χ3n) is 5.75. The summed E-state index contributed by atoms with van der Waals surface area (Å²) in [5.41, 5.74) is 2.57. The van der Waals surface area contributed by atoms with E-state index in [0.29, 0.717) is 13.0 Å². The average molecular weight is 464 g/mol. The number of rotatable bonds is 10. The van der Waals surface area contributed by atoms with Gasteiger partial charge in [0, 0.05) is 30.5 Å². The Morgan fingerprint density at radius 3 is 2.59 bits per heavy atom. The summed E-state index contributed by atoms with van der Waals surface area (Å²) in [7, 11) is -3.15. The third-order valence-corrected chi connectivity index (χ3v) is 7.50. The van der Waals surface area contributed by atoms with E-state index in [0.717, 1.165) is 42.8 Å². The Balaban J connectivity index is 2.09. The van der Waals surface area contributed by atoms with E-state index in [9.17, 15) is 23.3 Å². The van der Waals surface area contributed by atoms with Crippen molar-refractivity contribution in [2.45, 2.75) is 66.0 Å². The van der Waals surface area contributed by atoms with Crippen LogP contribution in [0.5, 0.6) is 0 Å². The zero-order valence-corrected chi connectivity index (χ0v) is 20.2. The molecule has 0 N–H and O–H groups in total. The SMILES string of the molecule is CCCCN(C(=O)COC(=O)/C(C#N)=C/c1cc(C)n(CCC)c1C)C1CCS(=O)(=O)C1. The zero-order valence-electron chi connectivity index (χ0n) is 19.4. The van der Waals surface area contributed by atoms with Gasteiger partial charge in [-0.2, -0.15) is 5.26 Å². The van der Waals surface area contributed by atoms with Crippen LogP contribution in [0.2, 0.25) is 0 Å². The molecule has 32 heavy (non-hydrogen) atoms. The van der Waals surface area contributed by atoms with Gasteiger partial charge in [-0.15, -0.1) is 0 Å². The van der Waals surface area contributed by atoms with Gasteiger partial charge >= 0.3 is 5.97 Å². The molecule has 0 spiro atoms. The number of nitriles is 1. The minimum absolute atomic E-state index is 0.0606. The van der Waals surface area contributed by atoms with Crippen molar-refractivity contribution in [2.24, 2.45) is 0 Å². The van der Waals surface area contributed by atoms with E-state index in [4.69, 9.17) is 4.74 Å². The smallest absolute Gasteiger partial charge is 0.349 e. The van der Waals surface area contributed by atoms with Crippen LogP contribution in [-0.2, 0) is 30.7 Å². The second-order valence-electron chi connectivity index (χ2n) is 8.22. The highest BCUT2D eigenvalue weighted by molar-refractivity contribution is 7.91. The lowest BCUT2D eigenvalue weighted by Gasteiger charge is -2.28. The van der Waals surface area contributed by atoms with Crippen molar-refractivity contribution in [2.75, 3.05) is 24.7 Å². The molecule has 0 radical (unpaired) electrons. The van der Waals surface area contributed by atoms with Crippen molar-refractivity contribution in [1.82, 2.24) is 9.47 Å². The number of nitrogens with zero attached hydrogens (tertiary/aromatic N) is 3. The van der Waals surface area contributed by atoms with Crippen LogP contribution in [0.15, 0.2) is 11.6 Å². The summed E-state index contributed by atoms with van der Waals surface area (Å²) in [5.74, 6) is -1.30. The van der Waals surface area contributed by atoms with Gasteiger partial charge in [0.05, 0.1) is 11.5 Å². The van der Waals surface area contributed by atoms with Crippen LogP contribution in [0.3, 0.4) is 0 Å². The van der Waals surface area contributed by atoms with Crippen molar-refractivity contribution < 1.29 is 22.7 Å². The highest BCUT2D eigenvalue weighted by atomic mass is 32.2. The lowest BCUT2D eigenvalue weighted by atomic mass is 10.1. The molecule has 1 unspecified atom stereocenters. The number of sulfone groups is 1. The van der Waals surface area contributed by atoms with E-state index < -0.39 is 34.4 Å². The fourth-order valence-corrected chi connectivity index (χ4v) is 5.71. The molecule has 0 aliphatic carbocycles. The Kier molecular flexibility index (Phi) is 9.08. The summed E-state index contributed by atoms with van der Waals surface area (Å²) in [6, 6.07) is 3.38. The van der Waals surface area contributed by atoms with Gasteiger partial charge in [-0.25, -0.2) is 13.2 Å². The van der Waals surface area contributed by atoms with Gasteiger partial charge in [0.15, 0.2) is 16.4 Å². The lowest BCUT2D eigenvalue weighted by Crippen LogP contribution is -2.44. The largest absolute Gasteiger partial charge is 0.451 e. The van der Waals surface area contributed by atoms with Gasteiger partial charge in [-0.3, -0.25) is 4.79 Å². The molecule has 1 aromatic rings. The molecule has 1 amide bonds. The molecule has 1 fully saturated rings. The molecule has 1 aliphatic rings. The summed E-state index contributed by atoms with van der Waals surface area (Å²) in [4.78, 5) is 26.7. The predicted molar refractivity (Wildman–Crippen MR) is 122 cm³/mol. The lowest BCUT2D eigenvalue weighted by molar-refractivity contribution is -0.149. The fraction of sp³-hybridized carbons (Fsp3) is 0.609. The number of unbranched alkanes of at least 4 members (excludes halogenated alkanes) is 1. The Labute approximate surface area is 190 Å². The van der Waals surface area contributed by atoms with Crippen LogP contribution in [0.4, 0.5) is 0 Å². The van der Waals surface area contributed by atoms with Crippen LogP contribution in [0, 0.1) is 25.2 Å². The maximum Gasteiger partial charge on any atom is 0.349 e. The Bertz CT molecular complexity index is 1020. The molecule has 1 atom stereocenters. The molecule has 8 nitrogen and oxygen atoms in total. The fourth-order valence-electron chi connectivity index (χ4n) is 3.98. The zero-order chi connectivity index (χ0) is 23.9. The van der Waals surface area contributed by atoms with E-state index >= 15 is 0 Å². The van der Waals surface area contributed by atoms with Crippen molar-refractivity contribution in [3.05, 3.63) is 28.6 Å². The van der Waals surface area contributed by atoms with Gasteiger partial charge in [0.1, 0.15) is 11.6 Å². The molecule has 2 heterocycles. The van der Waals surface area contributed by atoms with Gasteiger partial charge in [0.2, 0.25) is 0 Å². The van der Waals surface area contributed by atoms with Crippen LogP contribution in [-0.4, -0.2) is 60.5 Å². The number of hydrogen-bond donors (Lipinski definition) is 0. The first-order chi connectivity index (χ1) is 15.1. The number of ether oxygens (including phenoxy) is 1.